The maximum Gasteiger partial charge on any atom is 0.335 e. The van der Waals surface area contributed by atoms with Crippen LogP contribution in [0.3, 0.4) is 0 Å². The van der Waals surface area contributed by atoms with Gasteiger partial charge >= 0.3 is 6.03 Å². The largest absolute Gasteiger partial charge is 0.440 e. The Kier molecular flexibility index (Phi) is 3.85. The number of nitrogens with one attached hydrogen (secondary N) is 1. The summed E-state index contributed by atoms with van der Waals surface area (Å²) in [6.45, 7) is 3.28. The van der Waals surface area contributed by atoms with Crippen molar-refractivity contribution < 1.29 is 14.0 Å². The van der Waals surface area contributed by atoms with Gasteiger partial charge in [0.1, 0.15) is 5.58 Å². The molecule has 0 aliphatic rings. The Morgan fingerprint density at radius 1 is 1.04 bits per heavy atom. The standard InChI is InChI=1S/C18H16N2O3/c1-12-7-9-15(10-8-12)19-18(22)20(13(2)21)17-11-14-5-3-4-6-16(14)23-17/h3-11H,1-2H3,(H,19,22). The molecule has 0 aliphatic carbocycles. The van der Waals surface area contributed by atoms with E-state index in [0.29, 0.717) is 11.3 Å². The molecule has 5 nitrogen and oxygen atoms in total. The molecule has 0 radical (unpaired) electrons. The lowest BCUT2D eigenvalue weighted by molar-refractivity contribution is -0.115. The van der Waals surface area contributed by atoms with E-state index in [2.05, 4.69) is 5.32 Å². The summed E-state index contributed by atoms with van der Waals surface area (Å²) in [7, 11) is 0. The first-order valence-electron chi connectivity index (χ1n) is 7.21. The summed E-state index contributed by atoms with van der Waals surface area (Å²) in [4.78, 5) is 25.3. The molecule has 116 valence electrons. The molecule has 1 aromatic heterocycles. The number of amides is 3. The third-order valence-electron chi connectivity index (χ3n) is 3.45. The summed E-state index contributed by atoms with van der Waals surface area (Å²) in [6, 6.07) is 15.8. The second-order valence-electron chi connectivity index (χ2n) is 5.27. The molecule has 0 unspecified atom stereocenters. The van der Waals surface area contributed by atoms with E-state index in [4.69, 9.17) is 4.42 Å². The van der Waals surface area contributed by atoms with Gasteiger partial charge in [-0.05, 0) is 25.1 Å². The Labute approximate surface area is 133 Å². The molecule has 0 saturated heterocycles. The molecular weight excluding hydrogens is 292 g/mol. The fourth-order valence-electron chi connectivity index (χ4n) is 2.29. The van der Waals surface area contributed by atoms with Crippen LogP contribution in [0.15, 0.2) is 59.0 Å². The van der Waals surface area contributed by atoms with Gasteiger partial charge in [0, 0.05) is 24.1 Å². The van der Waals surface area contributed by atoms with Gasteiger partial charge in [-0.2, -0.15) is 0 Å². The van der Waals surface area contributed by atoms with E-state index in [0.717, 1.165) is 15.8 Å². The molecule has 3 aromatic rings. The van der Waals surface area contributed by atoms with Crippen LogP contribution in [0.2, 0.25) is 0 Å². The molecule has 3 amide bonds. The number of carbonyl (C=O) groups is 2. The van der Waals surface area contributed by atoms with Gasteiger partial charge in [-0.15, -0.1) is 0 Å². The summed E-state index contributed by atoms with van der Waals surface area (Å²) in [5.74, 6) is -0.225. The first-order valence-corrected chi connectivity index (χ1v) is 7.21. The fourth-order valence-corrected chi connectivity index (χ4v) is 2.29. The zero-order valence-electron chi connectivity index (χ0n) is 12.9. The Balaban J connectivity index is 1.90. The van der Waals surface area contributed by atoms with Gasteiger partial charge in [-0.25, -0.2) is 9.69 Å². The van der Waals surface area contributed by atoms with Gasteiger partial charge in [0.05, 0.1) is 0 Å². The lowest BCUT2D eigenvalue weighted by atomic mass is 10.2. The molecular formula is C18H16N2O3. The maximum absolute atomic E-state index is 12.5. The first-order chi connectivity index (χ1) is 11.0. The molecule has 3 rings (SSSR count). The van der Waals surface area contributed by atoms with Gasteiger partial charge in [-0.3, -0.25) is 4.79 Å². The third-order valence-corrected chi connectivity index (χ3v) is 3.45. The second-order valence-corrected chi connectivity index (χ2v) is 5.27. The van der Waals surface area contributed by atoms with Crippen molar-refractivity contribution in [1.29, 1.82) is 0 Å². The van der Waals surface area contributed by atoms with Crippen LogP contribution in [-0.4, -0.2) is 11.9 Å². The van der Waals surface area contributed by atoms with E-state index in [9.17, 15) is 9.59 Å². The van der Waals surface area contributed by atoms with Crippen molar-refractivity contribution in [2.45, 2.75) is 13.8 Å². The quantitative estimate of drug-likeness (QED) is 0.766. The fraction of sp³-hybridized carbons (Fsp3) is 0.111. The van der Waals surface area contributed by atoms with Crippen molar-refractivity contribution in [2.24, 2.45) is 0 Å². The number of rotatable bonds is 2. The SMILES string of the molecule is CC(=O)N(C(=O)Nc1ccc(C)cc1)c1cc2ccccc2o1. The highest BCUT2D eigenvalue weighted by Gasteiger charge is 2.24. The van der Waals surface area contributed by atoms with Gasteiger partial charge < -0.3 is 9.73 Å². The number of imide groups is 1. The molecule has 0 bridgehead atoms. The molecule has 1 heterocycles. The number of hydrogen-bond acceptors (Lipinski definition) is 3. The van der Waals surface area contributed by atoms with E-state index in [-0.39, 0.29) is 5.88 Å². The summed E-state index contributed by atoms with van der Waals surface area (Å²) >= 11 is 0. The van der Waals surface area contributed by atoms with Crippen LogP contribution in [-0.2, 0) is 4.79 Å². The Hall–Kier alpha value is -3.08. The number of fused-ring (bicyclic) bond motifs is 1. The van der Waals surface area contributed by atoms with Crippen molar-refractivity contribution in [3.05, 3.63) is 60.2 Å². The lowest BCUT2D eigenvalue weighted by Gasteiger charge is -2.16. The smallest absolute Gasteiger partial charge is 0.335 e. The molecule has 0 spiro atoms. The van der Waals surface area contributed by atoms with Crippen LogP contribution in [0.4, 0.5) is 16.4 Å². The van der Waals surface area contributed by atoms with Crippen LogP contribution >= 0.6 is 0 Å². The molecule has 0 saturated carbocycles. The van der Waals surface area contributed by atoms with Crippen molar-refractivity contribution in [1.82, 2.24) is 0 Å². The second kappa shape index (κ2) is 5.96. The van der Waals surface area contributed by atoms with Crippen molar-refractivity contribution >= 4 is 34.5 Å². The number of aryl methyl sites for hydroxylation is 1. The Morgan fingerprint density at radius 3 is 2.39 bits per heavy atom. The zero-order chi connectivity index (χ0) is 16.4. The first kappa shape index (κ1) is 14.8. The molecule has 5 heteroatoms. The summed E-state index contributed by atoms with van der Waals surface area (Å²) in [5, 5.41) is 3.53. The topological polar surface area (TPSA) is 62.6 Å². The minimum absolute atomic E-state index is 0.198. The normalized spacial score (nSPS) is 10.5. The minimum atomic E-state index is -0.555. The number of carbonyl (C=O) groups excluding carboxylic acids is 2. The van der Waals surface area contributed by atoms with Crippen molar-refractivity contribution in [3.63, 3.8) is 0 Å². The van der Waals surface area contributed by atoms with E-state index >= 15 is 0 Å². The molecule has 1 N–H and O–H groups in total. The number of nitrogens with zero attached hydrogens (tertiary/aromatic N) is 1. The molecule has 0 aliphatic heterocycles. The van der Waals surface area contributed by atoms with Crippen LogP contribution in [0, 0.1) is 6.92 Å². The van der Waals surface area contributed by atoms with Crippen LogP contribution < -0.4 is 10.2 Å². The van der Waals surface area contributed by atoms with Crippen molar-refractivity contribution in [2.75, 3.05) is 10.2 Å². The number of para-hydroxylation sites is 1. The third kappa shape index (κ3) is 3.08. The average molecular weight is 308 g/mol. The van der Waals surface area contributed by atoms with E-state index < -0.39 is 11.9 Å². The predicted octanol–water partition coefficient (Wildman–Crippen LogP) is 4.33. The molecule has 2 aromatic carbocycles. The summed E-state index contributed by atoms with van der Waals surface area (Å²) in [5.41, 5.74) is 2.32. The van der Waals surface area contributed by atoms with E-state index in [1.54, 1.807) is 24.3 Å². The van der Waals surface area contributed by atoms with Crippen LogP contribution in [0.5, 0.6) is 0 Å². The maximum atomic E-state index is 12.5. The number of furan rings is 1. The van der Waals surface area contributed by atoms with Gasteiger partial charge in [-0.1, -0.05) is 35.9 Å². The summed E-state index contributed by atoms with van der Waals surface area (Å²) in [6.07, 6.45) is 0. The lowest BCUT2D eigenvalue weighted by Crippen LogP contribution is -2.38. The zero-order valence-corrected chi connectivity index (χ0v) is 12.9. The predicted molar refractivity (Wildman–Crippen MR) is 89.6 cm³/mol. The number of hydrogen-bond donors (Lipinski definition) is 1. The number of anilines is 2. The Bertz CT molecular complexity index is 832. The van der Waals surface area contributed by atoms with E-state index in [1.165, 1.54) is 6.92 Å². The molecule has 0 fully saturated rings. The van der Waals surface area contributed by atoms with E-state index in [1.807, 2.05) is 37.3 Å². The van der Waals surface area contributed by atoms with Crippen molar-refractivity contribution in [3.8, 4) is 0 Å². The van der Waals surface area contributed by atoms with Gasteiger partial charge in [0.15, 0.2) is 0 Å². The highest BCUT2D eigenvalue weighted by atomic mass is 16.4. The monoisotopic (exact) mass is 308 g/mol. The highest BCUT2D eigenvalue weighted by Crippen LogP contribution is 2.26. The van der Waals surface area contributed by atoms with Gasteiger partial charge in [0.25, 0.3) is 0 Å². The van der Waals surface area contributed by atoms with Crippen LogP contribution in [0.25, 0.3) is 11.0 Å². The summed E-state index contributed by atoms with van der Waals surface area (Å²) < 4.78 is 5.61. The molecule has 23 heavy (non-hydrogen) atoms. The Morgan fingerprint density at radius 2 is 1.74 bits per heavy atom. The van der Waals surface area contributed by atoms with Crippen LogP contribution in [0.1, 0.15) is 12.5 Å². The molecule has 0 atom stereocenters. The average Bonchev–Trinajstić information content (AvgIpc) is 2.92. The van der Waals surface area contributed by atoms with Gasteiger partial charge in [0.2, 0.25) is 11.8 Å². The highest BCUT2D eigenvalue weighted by molar-refractivity contribution is 6.17. The number of benzene rings is 2. The number of urea groups is 1. The minimum Gasteiger partial charge on any atom is -0.440 e.